The van der Waals surface area contributed by atoms with Crippen molar-refractivity contribution in [1.82, 2.24) is 5.32 Å². The number of hydrogen-bond acceptors (Lipinski definition) is 3. The lowest BCUT2D eigenvalue weighted by Crippen LogP contribution is -2.34. The van der Waals surface area contributed by atoms with Crippen molar-refractivity contribution in [2.75, 3.05) is 6.54 Å². The van der Waals surface area contributed by atoms with Crippen LogP contribution < -0.4 is 5.32 Å². The second kappa shape index (κ2) is 5.90. The van der Waals surface area contributed by atoms with Crippen molar-refractivity contribution >= 4 is 15.9 Å². The van der Waals surface area contributed by atoms with Crippen molar-refractivity contribution < 1.29 is 9.52 Å². The molecule has 1 aromatic carbocycles. The van der Waals surface area contributed by atoms with Crippen LogP contribution >= 0.6 is 15.9 Å². The number of nitrogens with one attached hydrogen (secondary N) is 1. The summed E-state index contributed by atoms with van der Waals surface area (Å²) in [5.74, 6) is 0.576. The molecule has 0 radical (unpaired) electrons. The Balaban J connectivity index is 1.93. The third kappa shape index (κ3) is 3.69. The maximum absolute atomic E-state index is 10.3. The van der Waals surface area contributed by atoms with Gasteiger partial charge in [-0.2, -0.15) is 0 Å². The van der Waals surface area contributed by atoms with Crippen LogP contribution in [0.1, 0.15) is 23.8 Å². The van der Waals surface area contributed by atoms with E-state index in [2.05, 4.69) is 40.3 Å². The first-order valence-electron chi connectivity index (χ1n) is 6.21. The van der Waals surface area contributed by atoms with Crippen molar-refractivity contribution in [2.45, 2.75) is 26.0 Å². The number of rotatable bonds is 5. The molecule has 0 fully saturated rings. The lowest BCUT2D eigenvalue weighted by molar-refractivity contribution is 0.0340. The SMILES string of the molecule is Cc1cc(Br)ccc1CNCC(C)(O)c1ccco1. The summed E-state index contributed by atoms with van der Waals surface area (Å²) in [7, 11) is 0. The Labute approximate surface area is 121 Å². The number of aliphatic hydroxyl groups is 1. The first-order chi connectivity index (χ1) is 8.99. The molecule has 2 aromatic rings. The molecule has 0 amide bonds. The van der Waals surface area contributed by atoms with E-state index in [-0.39, 0.29) is 0 Å². The number of furan rings is 1. The molecule has 4 heteroatoms. The highest BCUT2D eigenvalue weighted by molar-refractivity contribution is 9.10. The van der Waals surface area contributed by atoms with Crippen LogP contribution in [0.4, 0.5) is 0 Å². The van der Waals surface area contributed by atoms with Crippen LogP contribution in [-0.4, -0.2) is 11.7 Å². The van der Waals surface area contributed by atoms with Crippen molar-refractivity contribution in [1.29, 1.82) is 0 Å². The first-order valence-corrected chi connectivity index (χ1v) is 7.00. The summed E-state index contributed by atoms with van der Waals surface area (Å²) in [6, 6.07) is 9.75. The molecule has 1 atom stereocenters. The van der Waals surface area contributed by atoms with Crippen LogP contribution in [0, 0.1) is 6.92 Å². The molecule has 0 saturated carbocycles. The minimum absolute atomic E-state index is 0.440. The van der Waals surface area contributed by atoms with Crippen LogP contribution in [-0.2, 0) is 12.1 Å². The van der Waals surface area contributed by atoms with Crippen LogP contribution in [0.5, 0.6) is 0 Å². The second-order valence-corrected chi connectivity index (χ2v) is 5.84. The predicted molar refractivity (Wildman–Crippen MR) is 78.9 cm³/mol. The van der Waals surface area contributed by atoms with Gasteiger partial charge >= 0.3 is 0 Å². The smallest absolute Gasteiger partial charge is 0.136 e. The summed E-state index contributed by atoms with van der Waals surface area (Å²) in [4.78, 5) is 0. The van der Waals surface area contributed by atoms with Gasteiger partial charge in [0.2, 0.25) is 0 Å². The summed E-state index contributed by atoms with van der Waals surface area (Å²) in [6.07, 6.45) is 1.57. The summed E-state index contributed by atoms with van der Waals surface area (Å²) in [5.41, 5.74) is 1.45. The van der Waals surface area contributed by atoms with E-state index in [0.29, 0.717) is 12.3 Å². The second-order valence-electron chi connectivity index (χ2n) is 4.93. The highest BCUT2D eigenvalue weighted by Crippen LogP contribution is 2.20. The summed E-state index contributed by atoms with van der Waals surface area (Å²) >= 11 is 3.45. The van der Waals surface area contributed by atoms with Gasteiger partial charge in [-0.25, -0.2) is 0 Å². The molecule has 0 aliphatic heterocycles. The van der Waals surface area contributed by atoms with Gasteiger partial charge < -0.3 is 14.8 Å². The number of halogens is 1. The largest absolute Gasteiger partial charge is 0.466 e. The Morgan fingerprint density at radius 1 is 1.37 bits per heavy atom. The zero-order valence-corrected chi connectivity index (χ0v) is 12.7. The van der Waals surface area contributed by atoms with Gasteiger partial charge in [0.05, 0.1) is 6.26 Å². The molecular formula is C15H18BrNO2. The van der Waals surface area contributed by atoms with Gasteiger partial charge in [0, 0.05) is 17.6 Å². The number of benzene rings is 1. The Morgan fingerprint density at radius 2 is 2.16 bits per heavy atom. The fourth-order valence-corrected chi connectivity index (χ4v) is 2.45. The van der Waals surface area contributed by atoms with Crippen molar-refractivity contribution in [3.05, 3.63) is 58.0 Å². The average molecular weight is 324 g/mol. The molecule has 0 bridgehead atoms. The molecule has 0 aliphatic rings. The maximum Gasteiger partial charge on any atom is 0.136 e. The van der Waals surface area contributed by atoms with E-state index in [9.17, 15) is 5.11 Å². The Bertz CT molecular complexity index is 535. The van der Waals surface area contributed by atoms with Gasteiger partial charge in [-0.1, -0.05) is 22.0 Å². The molecule has 1 aromatic heterocycles. The van der Waals surface area contributed by atoms with E-state index in [1.807, 2.05) is 6.07 Å². The van der Waals surface area contributed by atoms with E-state index in [4.69, 9.17) is 4.42 Å². The molecule has 19 heavy (non-hydrogen) atoms. The van der Waals surface area contributed by atoms with Crippen LogP contribution in [0.3, 0.4) is 0 Å². The zero-order chi connectivity index (χ0) is 13.9. The summed E-state index contributed by atoms with van der Waals surface area (Å²) in [6.45, 7) is 4.98. The van der Waals surface area contributed by atoms with Gasteiger partial charge in [0.1, 0.15) is 11.4 Å². The van der Waals surface area contributed by atoms with Gasteiger partial charge in [-0.15, -0.1) is 0 Å². The molecule has 102 valence electrons. The zero-order valence-electron chi connectivity index (χ0n) is 11.1. The summed E-state index contributed by atoms with van der Waals surface area (Å²) < 4.78 is 6.32. The van der Waals surface area contributed by atoms with Gasteiger partial charge in [-0.3, -0.25) is 0 Å². The topological polar surface area (TPSA) is 45.4 Å². The van der Waals surface area contributed by atoms with Crippen LogP contribution in [0.25, 0.3) is 0 Å². The van der Waals surface area contributed by atoms with Crippen LogP contribution in [0.15, 0.2) is 45.5 Å². The lowest BCUT2D eigenvalue weighted by atomic mass is 10.0. The maximum atomic E-state index is 10.3. The lowest BCUT2D eigenvalue weighted by Gasteiger charge is -2.21. The van der Waals surface area contributed by atoms with Crippen LogP contribution in [0.2, 0.25) is 0 Å². The monoisotopic (exact) mass is 323 g/mol. The van der Waals surface area contributed by atoms with Gasteiger partial charge in [0.15, 0.2) is 0 Å². The molecule has 0 aliphatic carbocycles. The standard InChI is InChI=1S/C15H18BrNO2/c1-11-8-13(16)6-5-12(11)9-17-10-15(2,18)14-4-3-7-19-14/h3-8,17-18H,9-10H2,1-2H3. The average Bonchev–Trinajstić information content (AvgIpc) is 2.86. The Hall–Kier alpha value is -1.10. The quantitative estimate of drug-likeness (QED) is 0.887. The van der Waals surface area contributed by atoms with E-state index in [0.717, 1.165) is 11.0 Å². The highest BCUT2D eigenvalue weighted by Gasteiger charge is 2.25. The van der Waals surface area contributed by atoms with Gasteiger partial charge in [0.25, 0.3) is 0 Å². The van der Waals surface area contributed by atoms with E-state index in [1.54, 1.807) is 25.3 Å². The van der Waals surface area contributed by atoms with Crippen molar-refractivity contribution in [3.8, 4) is 0 Å². The fourth-order valence-electron chi connectivity index (χ4n) is 1.97. The number of aryl methyl sites for hydroxylation is 1. The fraction of sp³-hybridized carbons (Fsp3) is 0.333. The third-order valence-corrected chi connectivity index (χ3v) is 3.63. The van der Waals surface area contributed by atoms with Gasteiger partial charge in [-0.05, 0) is 49.2 Å². The Morgan fingerprint density at radius 3 is 2.79 bits per heavy atom. The molecule has 2 N–H and O–H groups in total. The van der Waals surface area contributed by atoms with E-state index < -0.39 is 5.60 Å². The molecule has 2 rings (SSSR count). The first kappa shape index (κ1) is 14.3. The molecule has 0 saturated heterocycles. The summed E-state index contributed by atoms with van der Waals surface area (Å²) in [5, 5.41) is 13.6. The third-order valence-electron chi connectivity index (χ3n) is 3.14. The number of hydrogen-bond donors (Lipinski definition) is 2. The van der Waals surface area contributed by atoms with E-state index in [1.165, 1.54) is 11.1 Å². The van der Waals surface area contributed by atoms with E-state index >= 15 is 0 Å². The minimum atomic E-state index is -0.993. The molecule has 1 heterocycles. The predicted octanol–water partition coefficient (Wildman–Crippen LogP) is 3.35. The van der Waals surface area contributed by atoms with Crippen molar-refractivity contribution in [2.24, 2.45) is 0 Å². The molecular weight excluding hydrogens is 306 g/mol. The minimum Gasteiger partial charge on any atom is -0.466 e. The normalized spacial score (nSPS) is 14.3. The molecule has 1 unspecified atom stereocenters. The Kier molecular flexibility index (Phi) is 4.45. The molecule has 0 spiro atoms. The highest BCUT2D eigenvalue weighted by atomic mass is 79.9. The van der Waals surface area contributed by atoms with Crippen molar-refractivity contribution in [3.63, 3.8) is 0 Å². The molecule has 3 nitrogen and oxygen atoms in total.